The van der Waals surface area contributed by atoms with Crippen molar-refractivity contribution in [1.29, 1.82) is 0 Å². The molecule has 21 heavy (non-hydrogen) atoms. The number of hydrogen-bond donors (Lipinski definition) is 1. The summed E-state index contributed by atoms with van der Waals surface area (Å²) in [6.07, 6.45) is 4.50. The molecule has 2 heterocycles. The van der Waals surface area contributed by atoms with Crippen molar-refractivity contribution in [1.82, 2.24) is 9.80 Å². The van der Waals surface area contributed by atoms with Crippen LogP contribution < -0.4 is 0 Å². The van der Waals surface area contributed by atoms with Gasteiger partial charge in [-0.25, -0.2) is 0 Å². The lowest BCUT2D eigenvalue weighted by Gasteiger charge is -2.44. The quantitative estimate of drug-likeness (QED) is 0.926. The zero-order chi connectivity index (χ0) is 14.7. The topological polar surface area (TPSA) is 26.7 Å². The molecule has 116 valence electrons. The van der Waals surface area contributed by atoms with Crippen LogP contribution in [0.15, 0.2) is 24.3 Å². The maximum Gasteiger partial charge on any atom is 0.0802 e. The van der Waals surface area contributed by atoms with Gasteiger partial charge in [0.15, 0.2) is 0 Å². The summed E-state index contributed by atoms with van der Waals surface area (Å²) in [5.74, 6) is 0. The third-order valence-corrected chi connectivity index (χ3v) is 5.15. The Bertz CT molecular complexity index is 451. The van der Waals surface area contributed by atoms with E-state index in [0.717, 1.165) is 36.1 Å². The van der Waals surface area contributed by atoms with Gasteiger partial charge in [0.1, 0.15) is 0 Å². The average Bonchev–Trinajstić information content (AvgIpc) is 2.53. The highest BCUT2D eigenvalue weighted by Crippen LogP contribution is 2.23. The molecule has 0 spiro atoms. The summed E-state index contributed by atoms with van der Waals surface area (Å²) in [7, 11) is 0. The smallest absolute Gasteiger partial charge is 0.0802 e. The molecule has 4 heteroatoms. The molecule has 2 aliphatic rings. The first-order valence-corrected chi connectivity index (χ1v) is 8.50. The number of aliphatic hydroxyl groups excluding tert-OH is 1. The molecule has 2 atom stereocenters. The van der Waals surface area contributed by atoms with Crippen LogP contribution in [0.4, 0.5) is 0 Å². The van der Waals surface area contributed by atoms with Crippen LogP contribution in [0.5, 0.6) is 0 Å². The molecule has 0 aromatic heterocycles. The lowest BCUT2D eigenvalue weighted by Crippen LogP contribution is -2.54. The van der Waals surface area contributed by atoms with Gasteiger partial charge >= 0.3 is 0 Å². The van der Waals surface area contributed by atoms with Crippen molar-refractivity contribution in [2.45, 2.75) is 37.8 Å². The molecule has 3 nitrogen and oxygen atoms in total. The number of rotatable bonds is 4. The van der Waals surface area contributed by atoms with Crippen LogP contribution in [0.25, 0.3) is 0 Å². The second-order valence-corrected chi connectivity index (χ2v) is 6.78. The SMILES string of the molecule is OC(CCN1CCN2CCCCC2C1)c1ccc(Cl)cc1. The van der Waals surface area contributed by atoms with Gasteiger partial charge in [0.2, 0.25) is 0 Å². The minimum Gasteiger partial charge on any atom is -0.388 e. The summed E-state index contributed by atoms with van der Waals surface area (Å²) in [6, 6.07) is 8.29. The van der Waals surface area contributed by atoms with E-state index in [1.165, 1.54) is 38.9 Å². The first-order chi connectivity index (χ1) is 10.2. The van der Waals surface area contributed by atoms with Crippen LogP contribution in [0.3, 0.4) is 0 Å². The van der Waals surface area contributed by atoms with Gasteiger partial charge in [-0.15, -0.1) is 0 Å². The van der Waals surface area contributed by atoms with E-state index in [9.17, 15) is 5.11 Å². The first kappa shape index (κ1) is 15.3. The molecular formula is C17H25ClN2O. The number of benzene rings is 1. The fourth-order valence-corrected chi connectivity index (χ4v) is 3.71. The van der Waals surface area contributed by atoms with Gasteiger partial charge in [-0.2, -0.15) is 0 Å². The number of fused-ring (bicyclic) bond motifs is 1. The number of piperazine rings is 1. The molecule has 1 aromatic rings. The molecule has 2 fully saturated rings. The van der Waals surface area contributed by atoms with E-state index in [2.05, 4.69) is 9.80 Å². The number of aliphatic hydroxyl groups is 1. The fourth-order valence-electron chi connectivity index (χ4n) is 3.58. The molecule has 1 aromatic carbocycles. The normalized spacial score (nSPS) is 25.5. The predicted octanol–water partition coefficient (Wildman–Crippen LogP) is 2.93. The second kappa shape index (κ2) is 7.10. The maximum absolute atomic E-state index is 10.3. The lowest BCUT2D eigenvalue weighted by atomic mass is 9.99. The van der Waals surface area contributed by atoms with Gasteiger partial charge in [0, 0.05) is 37.2 Å². The second-order valence-electron chi connectivity index (χ2n) is 6.34. The van der Waals surface area contributed by atoms with E-state index < -0.39 is 0 Å². The van der Waals surface area contributed by atoms with Crippen molar-refractivity contribution in [2.24, 2.45) is 0 Å². The van der Waals surface area contributed by atoms with Crippen LogP contribution in [-0.4, -0.2) is 53.7 Å². The third kappa shape index (κ3) is 3.98. The van der Waals surface area contributed by atoms with Crippen LogP contribution in [0.2, 0.25) is 5.02 Å². The van der Waals surface area contributed by atoms with Gasteiger partial charge in [-0.05, 0) is 43.5 Å². The summed E-state index contributed by atoms with van der Waals surface area (Å²) < 4.78 is 0. The minimum absolute atomic E-state index is 0.383. The van der Waals surface area contributed by atoms with Crippen LogP contribution in [-0.2, 0) is 0 Å². The van der Waals surface area contributed by atoms with Crippen molar-refractivity contribution >= 4 is 11.6 Å². The van der Waals surface area contributed by atoms with Crippen LogP contribution in [0.1, 0.15) is 37.4 Å². The minimum atomic E-state index is -0.383. The van der Waals surface area contributed by atoms with Crippen molar-refractivity contribution in [2.75, 3.05) is 32.7 Å². The van der Waals surface area contributed by atoms with Crippen LogP contribution in [0, 0.1) is 0 Å². The lowest BCUT2D eigenvalue weighted by molar-refractivity contribution is 0.0405. The maximum atomic E-state index is 10.3. The molecule has 2 unspecified atom stereocenters. The molecule has 1 N–H and O–H groups in total. The standard InChI is InChI=1S/C17H25ClN2O/c18-15-6-4-14(5-7-15)17(21)8-10-19-11-12-20-9-2-1-3-16(20)13-19/h4-7,16-17,21H,1-3,8-13H2. The Balaban J connectivity index is 1.47. The molecule has 0 aliphatic carbocycles. The monoisotopic (exact) mass is 308 g/mol. The molecule has 0 radical (unpaired) electrons. The van der Waals surface area contributed by atoms with E-state index >= 15 is 0 Å². The summed E-state index contributed by atoms with van der Waals surface area (Å²) in [5, 5.41) is 11.0. The Kier molecular flexibility index (Phi) is 5.17. The molecule has 3 rings (SSSR count). The van der Waals surface area contributed by atoms with Gasteiger partial charge in [0.05, 0.1) is 6.10 Å². The van der Waals surface area contributed by atoms with E-state index in [1.54, 1.807) is 0 Å². The zero-order valence-electron chi connectivity index (χ0n) is 12.5. The zero-order valence-corrected chi connectivity index (χ0v) is 13.3. The Morgan fingerprint density at radius 1 is 1.14 bits per heavy atom. The average molecular weight is 309 g/mol. The highest BCUT2D eigenvalue weighted by Gasteiger charge is 2.28. The van der Waals surface area contributed by atoms with E-state index in [4.69, 9.17) is 11.6 Å². The van der Waals surface area contributed by atoms with Gasteiger partial charge in [-0.3, -0.25) is 4.90 Å². The number of hydrogen-bond acceptors (Lipinski definition) is 3. The molecule has 0 bridgehead atoms. The molecular weight excluding hydrogens is 284 g/mol. The molecule has 0 saturated carbocycles. The fraction of sp³-hybridized carbons (Fsp3) is 0.647. The summed E-state index contributed by atoms with van der Waals surface area (Å²) >= 11 is 5.89. The summed E-state index contributed by atoms with van der Waals surface area (Å²) in [6.45, 7) is 5.78. The van der Waals surface area contributed by atoms with E-state index in [-0.39, 0.29) is 6.10 Å². The van der Waals surface area contributed by atoms with Crippen molar-refractivity contribution in [3.8, 4) is 0 Å². The van der Waals surface area contributed by atoms with Crippen molar-refractivity contribution in [3.63, 3.8) is 0 Å². The largest absolute Gasteiger partial charge is 0.388 e. The Labute approximate surface area is 132 Å². The molecule has 2 aliphatic heterocycles. The van der Waals surface area contributed by atoms with Gasteiger partial charge < -0.3 is 10.0 Å². The highest BCUT2D eigenvalue weighted by molar-refractivity contribution is 6.30. The predicted molar refractivity (Wildman–Crippen MR) is 86.7 cm³/mol. The molecule has 2 saturated heterocycles. The third-order valence-electron chi connectivity index (χ3n) is 4.90. The Morgan fingerprint density at radius 2 is 1.95 bits per heavy atom. The number of piperidine rings is 1. The highest BCUT2D eigenvalue weighted by atomic mass is 35.5. The van der Waals surface area contributed by atoms with Crippen molar-refractivity contribution < 1.29 is 5.11 Å². The van der Waals surface area contributed by atoms with Gasteiger partial charge in [0.25, 0.3) is 0 Å². The van der Waals surface area contributed by atoms with E-state index in [0.29, 0.717) is 0 Å². The molecule has 0 amide bonds. The van der Waals surface area contributed by atoms with Crippen molar-refractivity contribution in [3.05, 3.63) is 34.9 Å². The van der Waals surface area contributed by atoms with Crippen LogP contribution >= 0.6 is 11.6 Å². The van der Waals surface area contributed by atoms with Gasteiger partial charge in [-0.1, -0.05) is 30.2 Å². The number of nitrogens with zero attached hydrogens (tertiary/aromatic N) is 2. The first-order valence-electron chi connectivity index (χ1n) is 8.12. The Hall–Kier alpha value is -0.610. The Morgan fingerprint density at radius 3 is 2.76 bits per heavy atom. The van der Waals surface area contributed by atoms with E-state index in [1.807, 2.05) is 24.3 Å². The number of halogens is 1. The summed E-state index contributed by atoms with van der Waals surface area (Å²) in [4.78, 5) is 5.17. The summed E-state index contributed by atoms with van der Waals surface area (Å²) in [5.41, 5.74) is 0.968.